The molecule has 3 aliphatic rings. The van der Waals surface area contributed by atoms with E-state index in [1.54, 1.807) is 20.2 Å². The first-order chi connectivity index (χ1) is 22.3. The summed E-state index contributed by atoms with van der Waals surface area (Å²) in [7, 11) is 3.15. The fraction of sp³-hybridized carbons (Fsp3) is 0.324. The number of phenols is 1. The van der Waals surface area contributed by atoms with Crippen molar-refractivity contribution >= 4 is 34.8 Å². The minimum Gasteiger partial charge on any atom is -0.508 e. The maximum absolute atomic E-state index is 14.1. The molecule has 1 saturated carbocycles. The summed E-state index contributed by atoms with van der Waals surface area (Å²) in [5.41, 5.74) is 6.51. The molecule has 9 nitrogen and oxygen atoms in total. The van der Waals surface area contributed by atoms with Gasteiger partial charge < -0.3 is 26.2 Å². The number of aromatic hydroxyl groups is 1. The average molecular weight is 657 g/mol. The number of hydrogen-bond donors (Lipinski definition) is 5. The minimum atomic E-state index is -2.66. The third kappa shape index (κ3) is 5.42. The van der Waals surface area contributed by atoms with Crippen molar-refractivity contribution in [1.82, 2.24) is 4.90 Å². The number of phenolic OH excluding ortho intramolecular Hbond substituents is 1. The van der Waals surface area contributed by atoms with Crippen LogP contribution in [0, 0.1) is 11.8 Å². The van der Waals surface area contributed by atoms with Gasteiger partial charge >= 0.3 is 0 Å². The summed E-state index contributed by atoms with van der Waals surface area (Å²) in [5.74, 6) is -6.68. The molecule has 0 spiro atoms. The first-order valence-corrected chi connectivity index (χ1v) is 16.1. The van der Waals surface area contributed by atoms with Crippen molar-refractivity contribution in [1.29, 1.82) is 0 Å². The second-order valence-corrected chi connectivity index (χ2v) is 13.4. The molecule has 3 aromatic carbocycles. The SMILES string of the molecule is CN(C)[C@@H]1C(=O)C(C(N)=O)=C(O)[C@@]2(O)C(=O)C3=C(O)c4c(O)ccc(-c5ccc(CCCCc6ccc(Cl)cc6)cc5)c4C[C@H]3C[C@@H]12. The van der Waals surface area contributed by atoms with E-state index in [1.165, 1.54) is 22.1 Å². The number of amides is 1. The number of halogens is 1. The summed E-state index contributed by atoms with van der Waals surface area (Å²) in [6.45, 7) is 0. The van der Waals surface area contributed by atoms with E-state index in [-0.39, 0.29) is 29.7 Å². The van der Waals surface area contributed by atoms with E-state index >= 15 is 0 Å². The maximum Gasteiger partial charge on any atom is 0.255 e. The lowest BCUT2D eigenvalue weighted by molar-refractivity contribution is -0.153. The van der Waals surface area contributed by atoms with Crippen molar-refractivity contribution in [2.45, 2.75) is 50.2 Å². The Morgan fingerprint density at radius 2 is 1.53 bits per heavy atom. The van der Waals surface area contributed by atoms with Gasteiger partial charge in [0, 0.05) is 16.5 Å². The Morgan fingerprint density at radius 1 is 0.936 bits per heavy atom. The van der Waals surface area contributed by atoms with Gasteiger partial charge in [-0.25, -0.2) is 0 Å². The normalized spacial score (nSPS) is 23.9. The third-order valence-electron chi connectivity index (χ3n) is 9.96. The largest absolute Gasteiger partial charge is 0.508 e. The number of ketones is 2. The van der Waals surface area contributed by atoms with Crippen molar-refractivity contribution in [3.8, 4) is 16.9 Å². The van der Waals surface area contributed by atoms with Crippen molar-refractivity contribution in [2.75, 3.05) is 14.1 Å². The Bertz CT molecular complexity index is 1850. The molecule has 1 fully saturated rings. The van der Waals surface area contributed by atoms with Gasteiger partial charge in [-0.3, -0.25) is 19.3 Å². The summed E-state index contributed by atoms with van der Waals surface area (Å²) >= 11 is 5.98. The minimum absolute atomic E-state index is 0.0375. The molecule has 47 heavy (non-hydrogen) atoms. The highest BCUT2D eigenvalue weighted by Crippen LogP contribution is 2.53. The quantitative estimate of drug-likeness (QED) is 0.170. The van der Waals surface area contributed by atoms with Crippen molar-refractivity contribution in [3.05, 3.63) is 105 Å². The van der Waals surface area contributed by atoms with Gasteiger partial charge in [0.05, 0.1) is 11.6 Å². The summed E-state index contributed by atoms with van der Waals surface area (Å²) in [5, 5.41) is 46.0. The number of carbonyl (C=O) groups is 3. The number of rotatable bonds is 8. The van der Waals surface area contributed by atoms with Gasteiger partial charge in [-0.15, -0.1) is 0 Å². The molecule has 0 aliphatic heterocycles. The molecular formula is C37H37ClN2O7. The molecule has 244 valence electrons. The fourth-order valence-electron chi connectivity index (χ4n) is 7.67. The van der Waals surface area contributed by atoms with Gasteiger partial charge in [-0.2, -0.15) is 0 Å². The number of aliphatic hydroxyl groups is 3. The van der Waals surface area contributed by atoms with Gasteiger partial charge in [0.25, 0.3) is 5.91 Å². The molecule has 3 aliphatic carbocycles. The zero-order chi connectivity index (χ0) is 33.8. The van der Waals surface area contributed by atoms with Gasteiger partial charge in [0.15, 0.2) is 11.4 Å². The Kier molecular flexibility index (Phi) is 8.50. The molecule has 0 saturated heterocycles. The number of unbranched alkanes of at least 4 members (excludes halogenated alkanes) is 1. The van der Waals surface area contributed by atoms with Crippen molar-refractivity contribution in [2.24, 2.45) is 17.6 Å². The lowest BCUT2D eigenvalue weighted by atomic mass is 9.57. The molecule has 10 heteroatoms. The number of aliphatic hydroxyl groups excluding tert-OH is 2. The number of aryl methyl sites for hydroxylation is 2. The molecule has 6 N–H and O–H groups in total. The van der Waals surface area contributed by atoms with Crippen LogP contribution in [-0.4, -0.2) is 68.5 Å². The van der Waals surface area contributed by atoms with E-state index in [2.05, 4.69) is 12.1 Å². The number of hydrogen-bond acceptors (Lipinski definition) is 8. The van der Waals surface area contributed by atoms with Crippen LogP contribution in [0.2, 0.25) is 5.02 Å². The standard InChI is InChI=1S/C37H37ClN2O7/c1-40(2)31-26-18-22-17-25-24(21-11-7-19(8-12-21)5-3-4-6-20-9-13-23(38)14-10-20)15-16-27(41)29(25)32(42)28(22)34(44)37(26,47)35(45)30(33(31)43)36(39)46/h7-16,22,26,31,41-42,45,47H,3-6,17-18H2,1-2H3,(H2,39,46)/t22-,26-,31-,37-/m0/s1. The van der Waals surface area contributed by atoms with Crippen LogP contribution < -0.4 is 5.73 Å². The highest BCUT2D eigenvalue weighted by atomic mass is 35.5. The van der Waals surface area contributed by atoms with E-state index in [0.717, 1.165) is 41.8 Å². The summed E-state index contributed by atoms with van der Waals surface area (Å²) in [6, 6.07) is 18.1. The molecule has 6 rings (SSSR count). The van der Waals surface area contributed by atoms with Gasteiger partial charge in [-0.05, 0) is 105 Å². The van der Waals surface area contributed by atoms with E-state index in [4.69, 9.17) is 17.3 Å². The van der Waals surface area contributed by atoms with Crippen LogP contribution in [0.3, 0.4) is 0 Å². The van der Waals surface area contributed by atoms with Crippen LogP contribution in [0.15, 0.2) is 77.6 Å². The van der Waals surface area contributed by atoms with Crippen LogP contribution in [0.5, 0.6) is 5.75 Å². The Balaban J connectivity index is 1.31. The number of fused-ring (bicyclic) bond motifs is 3. The number of nitrogens with two attached hydrogens (primary N) is 1. The highest BCUT2D eigenvalue weighted by molar-refractivity contribution is 6.30. The van der Waals surface area contributed by atoms with Crippen LogP contribution in [0.4, 0.5) is 0 Å². The van der Waals surface area contributed by atoms with Crippen LogP contribution >= 0.6 is 11.6 Å². The van der Waals surface area contributed by atoms with E-state index in [9.17, 15) is 34.8 Å². The number of carbonyl (C=O) groups excluding carboxylic acids is 3. The molecular weight excluding hydrogens is 620 g/mol. The van der Waals surface area contributed by atoms with Crippen LogP contribution in [0.25, 0.3) is 16.9 Å². The Labute approximate surface area is 277 Å². The second-order valence-electron chi connectivity index (χ2n) is 13.0. The molecule has 1 amide bonds. The maximum atomic E-state index is 14.1. The van der Waals surface area contributed by atoms with Crippen LogP contribution in [-0.2, 0) is 33.6 Å². The molecule has 0 unspecified atom stereocenters. The van der Waals surface area contributed by atoms with Gasteiger partial charge in [0.2, 0.25) is 5.78 Å². The summed E-state index contributed by atoms with van der Waals surface area (Å²) in [4.78, 5) is 41.1. The third-order valence-corrected chi connectivity index (χ3v) is 10.2. The van der Waals surface area contributed by atoms with Crippen molar-refractivity contribution < 1.29 is 34.8 Å². The van der Waals surface area contributed by atoms with Crippen molar-refractivity contribution in [3.63, 3.8) is 0 Å². The van der Waals surface area contributed by atoms with Crippen LogP contribution in [0.1, 0.15) is 41.5 Å². The topological polar surface area (TPSA) is 161 Å². The molecule has 0 aromatic heterocycles. The lowest BCUT2D eigenvalue weighted by Gasteiger charge is -2.50. The van der Waals surface area contributed by atoms with E-state index in [0.29, 0.717) is 5.56 Å². The molecule has 0 heterocycles. The molecule has 3 aromatic rings. The number of primary amides is 1. The number of Topliss-reactive ketones (excluding diaryl/α,β-unsaturated/α-hetero) is 2. The van der Waals surface area contributed by atoms with Gasteiger partial charge in [0.1, 0.15) is 22.8 Å². The number of benzene rings is 3. The average Bonchev–Trinajstić information content (AvgIpc) is 3.02. The first-order valence-electron chi connectivity index (χ1n) is 15.7. The predicted molar refractivity (Wildman–Crippen MR) is 178 cm³/mol. The van der Waals surface area contributed by atoms with E-state index < -0.39 is 58.0 Å². The van der Waals surface area contributed by atoms with E-state index in [1.807, 2.05) is 36.4 Å². The second kappa shape index (κ2) is 12.3. The summed E-state index contributed by atoms with van der Waals surface area (Å²) in [6.07, 6.45) is 4.20. The highest BCUT2D eigenvalue weighted by Gasteiger charge is 2.64. The molecule has 0 radical (unpaired) electrons. The first kappa shape index (κ1) is 32.5. The number of nitrogens with zero attached hydrogens (tertiary/aromatic N) is 1. The monoisotopic (exact) mass is 656 g/mol. The zero-order valence-corrected chi connectivity index (χ0v) is 26.9. The lowest BCUT2D eigenvalue weighted by Crippen LogP contribution is -2.65. The summed E-state index contributed by atoms with van der Waals surface area (Å²) < 4.78 is 0. The van der Waals surface area contributed by atoms with Gasteiger partial charge in [-0.1, -0.05) is 54.1 Å². The molecule has 0 bridgehead atoms. The predicted octanol–water partition coefficient (Wildman–Crippen LogP) is 4.85. The number of likely N-dealkylation sites (N-methyl/N-ethyl adjacent to an activating group) is 1. The zero-order valence-electron chi connectivity index (χ0n) is 26.2. The Morgan fingerprint density at radius 3 is 2.11 bits per heavy atom. The fourth-order valence-corrected chi connectivity index (χ4v) is 7.80. The molecule has 4 atom stereocenters. The smallest absolute Gasteiger partial charge is 0.255 e. The Hall–Kier alpha value is -4.44.